The fraction of sp³-hybridized carbons (Fsp3) is 1.00. The normalized spacial score (nSPS) is 23.8. The molecule has 0 bridgehead atoms. The van der Waals surface area contributed by atoms with E-state index in [4.69, 9.17) is 5.73 Å². The Balaban J connectivity index is 2.48. The average Bonchev–Trinajstić information content (AvgIpc) is 2.17. The van der Waals surface area contributed by atoms with Crippen LogP contribution >= 0.6 is 0 Å². The fourth-order valence-corrected chi connectivity index (χ4v) is 1.93. The summed E-state index contributed by atoms with van der Waals surface area (Å²) in [6.45, 7) is 14.7. The molecular formula is C11H25N3. The standard InChI is InChI=1S/C11H25N3/c1-5-13-6-8-14(9-7-13)11(3,4)10(2)12/h10H,5-9,12H2,1-4H3. The van der Waals surface area contributed by atoms with Gasteiger partial charge in [0.05, 0.1) is 0 Å². The van der Waals surface area contributed by atoms with Crippen LogP contribution in [0.4, 0.5) is 0 Å². The first-order valence-corrected chi connectivity index (χ1v) is 5.71. The predicted molar refractivity (Wildman–Crippen MR) is 61.4 cm³/mol. The summed E-state index contributed by atoms with van der Waals surface area (Å²) in [6.07, 6.45) is 0. The lowest BCUT2D eigenvalue weighted by Gasteiger charge is -2.46. The first-order chi connectivity index (χ1) is 6.48. The van der Waals surface area contributed by atoms with Gasteiger partial charge in [0.2, 0.25) is 0 Å². The summed E-state index contributed by atoms with van der Waals surface area (Å²) in [4.78, 5) is 5.01. The Hall–Kier alpha value is -0.120. The van der Waals surface area contributed by atoms with Gasteiger partial charge in [-0.25, -0.2) is 0 Å². The van der Waals surface area contributed by atoms with Gasteiger partial charge in [-0.2, -0.15) is 0 Å². The van der Waals surface area contributed by atoms with Crippen LogP contribution in [-0.2, 0) is 0 Å². The number of nitrogens with zero attached hydrogens (tertiary/aromatic N) is 2. The van der Waals surface area contributed by atoms with Gasteiger partial charge in [0.1, 0.15) is 0 Å². The molecule has 1 aliphatic rings. The van der Waals surface area contributed by atoms with Crippen LogP contribution in [0, 0.1) is 0 Å². The van der Waals surface area contributed by atoms with Crippen LogP contribution in [0.1, 0.15) is 27.7 Å². The summed E-state index contributed by atoms with van der Waals surface area (Å²) in [6, 6.07) is 0.232. The van der Waals surface area contributed by atoms with Crippen molar-refractivity contribution in [1.82, 2.24) is 9.80 Å². The van der Waals surface area contributed by atoms with Crippen LogP contribution in [0.3, 0.4) is 0 Å². The molecule has 1 saturated heterocycles. The first kappa shape index (κ1) is 12.0. The number of hydrogen-bond donors (Lipinski definition) is 1. The average molecular weight is 199 g/mol. The molecule has 3 nitrogen and oxygen atoms in total. The van der Waals surface area contributed by atoms with E-state index in [0.717, 1.165) is 13.1 Å². The third kappa shape index (κ3) is 2.47. The Kier molecular flexibility index (Phi) is 3.93. The lowest BCUT2D eigenvalue weighted by molar-refractivity contribution is 0.0423. The van der Waals surface area contributed by atoms with E-state index in [9.17, 15) is 0 Å². The lowest BCUT2D eigenvalue weighted by Crippen LogP contribution is -2.60. The van der Waals surface area contributed by atoms with Crippen LogP contribution in [0.2, 0.25) is 0 Å². The van der Waals surface area contributed by atoms with Gasteiger partial charge < -0.3 is 10.6 Å². The van der Waals surface area contributed by atoms with Crippen molar-refractivity contribution in [1.29, 1.82) is 0 Å². The molecule has 0 aromatic heterocycles. The molecular weight excluding hydrogens is 174 g/mol. The molecule has 1 atom stereocenters. The zero-order valence-electron chi connectivity index (χ0n) is 10.1. The molecule has 0 aromatic carbocycles. The Morgan fingerprint density at radius 3 is 2.07 bits per heavy atom. The number of likely N-dealkylation sites (N-methyl/N-ethyl adjacent to an activating group) is 1. The van der Waals surface area contributed by atoms with E-state index in [1.165, 1.54) is 19.6 Å². The molecule has 0 radical (unpaired) electrons. The van der Waals surface area contributed by atoms with E-state index in [1.54, 1.807) is 0 Å². The van der Waals surface area contributed by atoms with Gasteiger partial charge >= 0.3 is 0 Å². The molecule has 14 heavy (non-hydrogen) atoms. The highest BCUT2D eigenvalue weighted by Crippen LogP contribution is 2.19. The summed E-state index contributed by atoms with van der Waals surface area (Å²) in [7, 11) is 0. The van der Waals surface area contributed by atoms with Gasteiger partial charge in [0.25, 0.3) is 0 Å². The highest BCUT2D eigenvalue weighted by atomic mass is 15.3. The summed E-state index contributed by atoms with van der Waals surface area (Å²) >= 11 is 0. The van der Waals surface area contributed by atoms with Crippen molar-refractivity contribution >= 4 is 0 Å². The predicted octanol–water partition coefficient (Wildman–Crippen LogP) is 0.750. The minimum absolute atomic E-state index is 0.139. The topological polar surface area (TPSA) is 32.5 Å². The fourth-order valence-electron chi connectivity index (χ4n) is 1.93. The van der Waals surface area contributed by atoms with Crippen molar-refractivity contribution < 1.29 is 0 Å². The van der Waals surface area contributed by atoms with Gasteiger partial charge in [0, 0.05) is 37.8 Å². The third-order valence-electron chi connectivity index (χ3n) is 3.75. The maximum Gasteiger partial charge on any atom is 0.0302 e. The van der Waals surface area contributed by atoms with Crippen molar-refractivity contribution in [3.05, 3.63) is 0 Å². The molecule has 0 amide bonds. The minimum atomic E-state index is 0.139. The van der Waals surface area contributed by atoms with Gasteiger partial charge in [0.15, 0.2) is 0 Å². The molecule has 84 valence electrons. The number of nitrogens with two attached hydrogens (primary N) is 1. The summed E-state index contributed by atoms with van der Waals surface area (Å²) in [5.74, 6) is 0. The Morgan fingerprint density at radius 2 is 1.71 bits per heavy atom. The molecule has 1 unspecified atom stereocenters. The summed E-state index contributed by atoms with van der Waals surface area (Å²) < 4.78 is 0. The molecule has 1 aliphatic heterocycles. The number of rotatable bonds is 3. The largest absolute Gasteiger partial charge is 0.326 e. The van der Waals surface area contributed by atoms with E-state index in [1.807, 2.05) is 0 Å². The highest BCUT2D eigenvalue weighted by Gasteiger charge is 2.32. The summed E-state index contributed by atoms with van der Waals surface area (Å²) in [5.41, 5.74) is 6.15. The molecule has 0 spiro atoms. The van der Waals surface area contributed by atoms with Crippen molar-refractivity contribution in [2.24, 2.45) is 5.73 Å². The summed E-state index contributed by atoms with van der Waals surface area (Å²) in [5, 5.41) is 0. The van der Waals surface area contributed by atoms with Crippen LogP contribution in [0.5, 0.6) is 0 Å². The molecule has 1 heterocycles. The number of piperazine rings is 1. The van der Waals surface area contributed by atoms with Crippen LogP contribution in [-0.4, -0.2) is 54.1 Å². The lowest BCUT2D eigenvalue weighted by atomic mass is 9.93. The van der Waals surface area contributed by atoms with Gasteiger partial charge in [-0.1, -0.05) is 6.92 Å². The zero-order chi connectivity index (χ0) is 10.8. The monoisotopic (exact) mass is 199 g/mol. The third-order valence-corrected chi connectivity index (χ3v) is 3.75. The molecule has 0 aliphatic carbocycles. The van der Waals surface area contributed by atoms with E-state index in [-0.39, 0.29) is 11.6 Å². The highest BCUT2D eigenvalue weighted by molar-refractivity contribution is 4.91. The quantitative estimate of drug-likeness (QED) is 0.728. The molecule has 3 heteroatoms. The molecule has 1 rings (SSSR count). The van der Waals surface area contributed by atoms with Gasteiger partial charge in [-0.3, -0.25) is 4.90 Å². The smallest absolute Gasteiger partial charge is 0.0302 e. The van der Waals surface area contributed by atoms with Crippen molar-refractivity contribution in [3.63, 3.8) is 0 Å². The van der Waals surface area contributed by atoms with Gasteiger partial charge in [-0.15, -0.1) is 0 Å². The maximum absolute atomic E-state index is 6.01. The number of hydrogen-bond acceptors (Lipinski definition) is 3. The van der Waals surface area contributed by atoms with Crippen LogP contribution < -0.4 is 5.73 Å². The first-order valence-electron chi connectivity index (χ1n) is 5.71. The van der Waals surface area contributed by atoms with Crippen molar-refractivity contribution in [2.45, 2.75) is 39.3 Å². The van der Waals surface area contributed by atoms with Crippen LogP contribution in [0.25, 0.3) is 0 Å². The second kappa shape index (κ2) is 4.60. The molecule has 0 saturated carbocycles. The van der Waals surface area contributed by atoms with E-state index in [0.29, 0.717) is 0 Å². The van der Waals surface area contributed by atoms with E-state index < -0.39 is 0 Å². The minimum Gasteiger partial charge on any atom is -0.326 e. The Bertz CT molecular complexity index is 169. The SMILES string of the molecule is CCN1CCN(C(C)(C)C(C)N)CC1. The second-order valence-corrected chi connectivity index (χ2v) is 4.86. The molecule has 0 aromatic rings. The van der Waals surface area contributed by atoms with Gasteiger partial charge in [-0.05, 0) is 27.3 Å². The zero-order valence-corrected chi connectivity index (χ0v) is 10.1. The van der Waals surface area contributed by atoms with E-state index >= 15 is 0 Å². The Labute approximate surface area is 88.2 Å². The van der Waals surface area contributed by atoms with E-state index in [2.05, 4.69) is 37.5 Å². The van der Waals surface area contributed by atoms with Crippen molar-refractivity contribution in [3.8, 4) is 0 Å². The molecule has 1 fully saturated rings. The van der Waals surface area contributed by atoms with Crippen LogP contribution in [0.15, 0.2) is 0 Å². The Morgan fingerprint density at radius 1 is 1.21 bits per heavy atom. The second-order valence-electron chi connectivity index (χ2n) is 4.86. The van der Waals surface area contributed by atoms with Crippen molar-refractivity contribution in [2.75, 3.05) is 32.7 Å². The maximum atomic E-state index is 6.01. The molecule has 2 N–H and O–H groups in total.